The van der Waals surface area contributed by atoms with E-state index in [9.17, 15) is 24.5 Å². The first-order chi connectivity index (χ1) is 13.8. The van der Waals surface area contributed by atoms with Crippen molar-refractivity contribution in [2.45, 2.75) is 13.8 Å². The molecule has 0 saturated carbocycles. The van der Waals surface area contributed by atoms with Crippen molar-refractivity contribution in [2.24, 2.45) is 0 Å². The number of hydrogen-bond acceptors (Lipinski definition) is 6. The minimum atomic E-state index is -0.823. The van der Waals surface area contributed by atoms with Gasteiger partial charge in [-0.1, -0.05) is 24.3 Å². The molecule has 29 heavy (non-hydrogen) atoms. The number of carbonyl (C=O) groups is 2. The van der Waals surface area contributed by atoms with Crippen molar-refractivity contribution in [2.75, 3.05) is 5.32 Å². The van der Waals surface area contributed by atoms with E-state index in [0.717, 1.165) is 0 Å². The van der Waals surface area contributed by atoms with Gasteiger partial charge in [-0.2, -0.15) is 5.10 Å². The lowest BCUT2D eigenvalue weighted by Gasteiger charge is -2.12. The van der Waals surface area contributed by atoms with Crippen molar-refractivity contribution in [3.05, 3.63) is 91.9 Å². The Bertz CT molecular complexity index is 1200. The number of hydrogen-bond donors (Lipinski definition) is 1. The maximum atomic E-state index is 12.7. The van der Waals surface area contributed by atoms with E-state index in [1.807, 2.05) is 0 Å². The summed E-state index contributed by atoms with van der Waals surface area (Å²) in [6.07, 6.45) is 0. The number of nitro groups is 1. The molecule has 146 valence electrons. The highest BCUT2D eigenvalue weighted by Gasteiger charge is 2.21. The fourth-order valence-corrected chi connectivity index (χ4v) is 2.83. The van der Waals surface area contributed by atoms with E-state index < -0.39 is 22.0 Å². The monoisotopic (exact) mass is 392 g/mol. The minimum Gasteiger partial charge on any atom is -0.320 e. The van der Waals surface area contributed by atoms with Crippen LogP contribution in [0.3, 0.4) is 0 Å². The Hall–Kier alpha value is -4.14. The van der Waals surface area contributed by atoms with Gasteiger partial charge in [-0.3, -0.25) is 24.5 Å². The third kappa shape index (κ3) is 3.93. The Kier molecular flexibility index (Phi) is 5.31. The highest BCUT2D eigenvalue weighted by molar-refractivity contribution is 6.08. The molecule has 0 radical (unpaired) electrons. The number of ketones is 1. The van der Waals surface area contributed by atoms with Crippen LogP contribution in [0.2, 0.25) is 0 Å². The summed E-state index contributed by atoms with van der Waals surface area (Å²) in [6, 6.07) is 13.4. The quantitative estimate of drug-likeness (QED) is 0.404. The number of benzene rings is 2. The van der Waals surface area contributed by atoms with Crippen LogP contribution in [-0.2, 0) is 0 Å². The number of anilines is 1. The second-order valence-corrected chi connectivity index (χ2v) is 6.21. The predicted octanol–water partition coefficient (Wildman–Crippen LogP) is 2.90. The molecule has 3 aromatic rings. The van der Waals surface area contributed by atoms with Crippen molar-refractivity contribution >= 4 is 23.1 Å². The second-order valence-electron chi connectivity index (χ2n) is 6.21. The van der Waals surface area contributed by atoms with Crippen molar-refractivity contribution in [1.82, 2.24) is 9.78 Å². The molecule has 9 nitrogen and oxygen atoms in total. The van der Waals surface area contributed by atoms with Crippen molar-refractivity contribution in [1.29, 1.82) is 0 Å². The Morgan fingerprint density at radius 1 is 1.10 bits per heavy atom. The molecule has 0 atom stereocenters. The third-order valence-electron chi connectivity index (χ3n) is 4.18. The standard InChI is InChI=1S/C20H16N4O5/c1-12-11-18(26)19(20(27)21-15-8-4-3-7-14(15)13(2)25)22-23(12)16-9-5-6-10-17(16)24(28)29/h3-11H,1-2H3,(H,21,27). The zero-order valence-electron chi connectivity index (χ0n) is 15.6. The molecule has 0 aliphatic carbocycles. The summed E-state index contributed by atoms with van der Waals surface area (Å²) in [5, 5.41) is 17.9. The van der Waals surface area contributed by atoms with Crippen LogP contribution in [0.15, 0.2) is 59.4 Å². The summed E-state index contributed by atoms with van der Waals surface area (Å²) in [6.45, 7) is 2.91. The Morgan fingerprint density at radius 2 is 1.76 bits per heavy atom. The largest absolute Gasteiger partial charge is 0.320 e. The van der Waals surface area contributed by atoms with Crippen molar-refractivity contribution < 1.29 is 14.5 Å². The normalized spacial score (nSPS) is 10.4. The molecule has 1 heterocycles. The highest BCUT2D eigenvalue weighted by Crippen LogP contribution is 2.22. The van der Waals surface area contributed by atoms with Gasteiger partial charge >= 0.3 is 0 Å². The summed E-state index contributed by atoms with van der Waals surface area (Å²) < 4.78 is 1.17. The van der Waals surface area contributed by atoms with Gasteiger partial charge in [0.05, 0.1) is 10.6 Å². The molecule has 9 heteroatoms. The molecular formula is C20H16N4O5. The van der Waals surface area contributed by atoms with Gasteiger partial charge in [0.25, 0.3) is 11.6 Å². The molecule has 3 rings (SSSR count). The first-order valence-electron chi connectivity index (χ1n) is 8.55. The maximum Gasteiger partial charge on any atom is 0.294 e. The molecule has 2 aromatic carbocycles. The number of para-hydroxylation sites is 3. The van der Waals surface area contributed by atoms with Crippen LogP contribution in [0, 0.1) is 17.0 Å². The van der Waals surface area contributed by atoms with E-state index in [2.05, 4.69) is 10.4 Å². The first-order valence-corrected chi connectivity index (χ1v) is 8.55. The lowest BCUT2D eigenvalue weighted by atomic mass is 10.1. The highest BCUT2D eigenvalue weighted by atomic mass is 16.6. The van der Waals surface area contributed by atoms with Gasteiger partial charge in [0.2, 0.25) is 5.43 Å². The number of nitrogens with zero attached hydrogens (tertiary/aromatic N) is 3. The Balaban J connectivity index is 2.08. The Morgan fingerprint density at radius 3 is 2.45 bits per heavy atom. The number of aryl methyl sites for hydroxylation is 1. The number of carbonyl (C=O) groups excluding carboxylic acids is 2. The van der Waals surface area contributed by atoms with Crippen LogP contribution < -0.4 is 10.7 Å². The average molecular weight is 392 g/mol. The Labute approximate surface area is 164 Å². The molecular weight excluding hydrogens is 376 g/mol. The van der Waals surface area contributed by atoms with Gasteiger partial charge in [0, 0.05) is 23.4 Å². The lowest BCUT2D eigenvalue weighted by Crippen LogP contribution is -2.27. The molecule has 0 aliphatic heterocycles. The molecule has 1 aromatic heterocycles. The topological polar surface area (TPSA) is 124 Å². The van der Waals surface area contributed by atoms with Gasteiger partial charge < -0.3 is 5.32 Å². The zero-order valence-corrected chi connectivity index (χ0v) is 15.6. The van der Waals surface area contributed by atoms with Crippen LogP contribution in [0.4, 0.5) is 11.4 Å². The lowest BCUT2D eigenvalue weighted by molar-refractivity contribution is -0.384. The number of rotatable bonds is 5. The van der Waals surface area contributed by atoms with Crippen LogP contribution in [0.25, 0.3) is 5.69 Å². The summed E-state index contributed by atoms with van der Waals surface area (Å²) in [7, 11) is 0. The van der Waals surface area contributed by atoms with E-state index in [-0.39, 0.29) is 28.4 Å². The fraction of sp³-hybridized carbons (Fsp3) is 0.100. The van der Waals surface area contributed by atoms with Crippen LogP contribution >= 0.6 is 0 Å². The fourth-order valence-electron chi connectivity index (χ4n) is 2.83. The second kappa shape index (κ2) is 7.85. The van der Waals surface area contributed by atoms with Gasteiger partial charge in [-0.05, 0) is 32.0 Å². The van der Waals surface area contributed by atoms with Gasteiger partial charge in [-0.25, -0.2) is 4.68 Å². The SMILES string of the molecule is CC(=O)c1ccccc1NC(=O)c1nn(-c2ccccc2[N+](=O)[O-])c(C)cc1=O. The molecule has 0 fully saturated rings. The van der Waals surface area contributed by atoms with Crippen LogP contribution in [-0.4, -0.2) is 26.4 Å². The van der Waals surface area contributed by atoms with Gasteiger partial charge in [0.1, 0.15) is 5.69 Å². The summed E-state index contributed by atoms with van der Waals surface area (Å²) in [5.41, 5.74) is -0.351. The smallest absolute Gasteiger partial charge is 0.294 e. The number of amides is 1. The van der Waals surface area contributed by atoms with E-state index in [1.165, 1.54) is 41.9 Å². The minimum absolute atomic E-state index is 0.119. The molecule has 0 saturated heterocycles. The number of nitro benzene ring substituents is 1. The zero-order chi connectivity index (χ0) is 21.1. The molecule has 0 bridgehead atoms. The number of nitrogens with one attached hydrogen (secondary N) is 1. The number of Topliss-reactive ketones (excluding diaryl/α,β-unsaturated/α-hetero) is 1. The van der Waals surface area contributed by atoms with E-state index >= 15 is 0 Å². The average Bonchev–Trinajstić information content (AvgIpc) is 2.68. The summed E-state index contributed by atoms with van der Waals surface area (Å²) in [4.78, 5) is 47.5. The molecule has 1 amide bonds. The van der Waals surface area contributed by atoms with Crippen LogP contribution in [0.5, 0.6) is 0 Å². The molecule has 0 aliphatic rings. The van der Waals surface area contributed by atoms with Crippen molar-refractivity contribution in [3.8, 4) is 5.69 Å². The molecule has 1 N–H and O–H groups in total. The van der Waals surface area contributed by atoms with Crippen LogP contribution in [0.1, 0.15) is 33.5 Å². The van der Waals surface area contributed by atoms with E-state index in [0.29, 0.717) is 5.69 Å². The van der Waals surface area contributed by atoms with E-state index in [4.69, 9.17) is 0 Å². The molecule has 0 spiro atoms. The predicted molar refractivity (Wildman–Crippen MR) is 106 cm³/mol. The summed E-state index contributed by atoms with van der Waals surface area (Å²) >= 11 is 0. The van der Waals surface area contributed by atoms with Gasteiger partial charge in [-0.15, -0.1) is 0 Å². The maximum absolute atomic E-state index is 12.7. The van der Waals surface area contributed by atoms with Gasteiger partial charge in [0.15, 0.2) is 11.5 Å². The van der Waals surface area contributed by atoms with Crippen molar-refractivity contribution in [3.63, 3.8) is 0 Å². The first kappa shape index (κ1) is 19.6. The number of aromatic nitrogens is 2. The molecule has 0 unspecified atom stereocenters. The third-order valence-corrected chi connectivity index (χ3v) is 4.18. The summed E-state index contributed by atoms with van der Waals surface area (Å²) in [5.74, 6) is -1.08. The van der Waals surface area contributed by atoms with E-state index in [1.54, 1.807) is 31.2 Å².